The number of aldehydes is 1. The van der Waals surface area contributed by atoms with Gasteiger partial charge in [0.1, 0.15) is 0 Å². The number of aliphatic hydroxyl groups is 1. The number of carbonyl (C=O) groups is 2. The molecule has 7 nitrogen and oxygen atoms in total. The molecule has 0 aliphatic heterocycles. The molecular weight excluding hydrogens is 200 g/mol. The molecule has 1 atom stereocenters. The first-order chi connectivity index (χ1) is 7.10. The third-order valence-corrected chi connectivity index (χ3v) is 1.68. The Morgan fingerprint density at radius 2 is 2.20 bits per heavy atom. The number of rotatable bonds is 7. The van der Waals surface area contributed by atoms with E-state index in [4.69, 9.17) is 16.6 Å². The van der Waals surface area contributed by atoms with Crippen LogP contribution in [0.25, 0.3) is 0 Å². The summed E-state index contributed by atoms with van der Waals surface area (Å²) in [6, 6.07) is -0.433. The van der Waals surface area contributed by atoms with E-state index in [1.165, 1.54) is 0 Å². The minimum atomic E-state index is -0.740. The van der Waals surface area contributed by atoms with Crippen molar-refractivity contribution in [3.8, 4) is 0 Å². The molecule has 7 heteroatoms. The van der Waals surface area contributed by atoms with E-state index in [-0.39, 0.29) is 18.9 Å². The predicted octanol–water partition coefficient (Wildman–Crippen LogP) is -2.28. The van der Waals surface area contributed by atoms with E-state index >= 15 is 0 Å². The molecule has 6 N–H and O–H groups in total. The van der Waals surface area contributed by atoms with Gasteiger partial charge in [-0.15, -0.1) is 0 Å². The first-order valence-corrected chi connectivity index (χ1v) is 4.52. The van der Waals surface area contributed by atoms with E-state index in [0.717, 1.165) is 0 Å². The summed E-state index contributed by atoms with van der Waals surface area (Å²) in [6.07, 6.45) is 1.29. The summed E-state index contributed by atoms with van der Waals surface area (Å²) in [5.41, 5.74) is 10.2. The Morgan fingerprint density at radius 1 is 1.53 bits per heavy atom. The van der Waals surface area contributed by atoms with Gasteiger partial charge in [0.25, 0.3) is 5.91 Å². The highest BCUT2D eigenvalue weighted by molar-refractivity contribution is 6.23. The fraction of sp³-hybridized carbons (Fsp3) is 0.625. The van der Waals surface area contributed by atoms with Crippen molar-refractivity contribution < 1.29 is 14.7 Å². The van der Waals surface area contributed by atoms with Crippen LogP contribution in [-0.2, 0) is 9.59 Å². The lowest BCUT2D eigenvalue weighted by atomic mass is 10.1. The van der Waals surface area contributed by atoms with Gasteiger partial charge in [0.05, 0.1) is 12.6 Å². The summed E-state index contributed by atoms with van der Waals surface area (Å²) in [7, 11) is 0. The minimum absolute atomic E-state index is 0.00692. The van der Waals surface area contributed by atoms with Crippen molar-refractivity contribution in [2.24, 2.45) is 16.5 Å². The van der Waals surface area contributed by atoms with E-state index in [1.54, 1.807) is 0 Å². The number of hydrogen-bond donors (Lipinski definition) is 4. The van der Waals surface area contributed by atoms with Crippen molar-refractivity contribution in [3.63, 3.8) is 0 Å². The number of nitrogens with one attached hydrogen (secondary N) is 1. The zero-order valence-corrected chi connectivity index (χ0v) is 8.35. The SMILES string of the molecule is NC(N)=NCCCC(CO)NC(=O)C=O. The van der Waals surface area contributed by atoms with Gasteiger partial charge in [0, 0.05) is 6.54 Å². The monoisotopic (exact) mass is 216 g/mol. The first kappa shape index (κ1) is 13.4. The molecule has 0 aliphatic carbocycles. The summed E-state index contributed by atoms with van der Waals surface area (Å²) < 4.78 is 0. The molecule has 0 spiro atoms. The van der Waals surface area contributed by atoms with Crippen molar-refractivity contribution in [2.75, 3.05) is 13.2 Å². The fourth-order valence-corrected chi connectivity index (χ4v) is 0.990. The third kappa shape index (κ3) is 7.44. The van der Waals surface area contributed by atoms with Crippen molar-refractivity contribution in [1.82, 2.24) is 5.32 Å². The molecule has 1 unspecified atom stereocenters. The van der Waals surface area contributed by atoms with Crippen molar-refractivity contribution >= 4 is 18.2 Å². The van der Waals surface area contributed by atoms with Crippen molar-refractivity contribution in [2.45, 2.75) is 18.9 Å². The number of amides is 1. The maximum absolute atomic E-state index is 10.7. The van der Waals surface area contributed by atoms with Crippen LogP contribution in [0.4, 0.5) is 0 Å². The Labute approximate surface area is 87.5 Å². The summed E-state index contributed by atoms with van der Waals surface area (Å²) in [5.74, 6) is -0.733. The van der Waals surface area contributed by atoms with Gasteiger partial charge in [-0.05, 0) is 12.8 Å². The molecule has 0 fully saturated rings. The average molecular weight is 216 g/mol. The van der Waals surface area contributed by atoms with E-state index < -0.39 is 11.9 Å². The predicted molar refractivity (Wildman–Crippen MR) is 55.0 cm³/mol. The third-order valence-electron chi connectivity index (χ3n) is 1.68. The lowest BCUT2D eigenvalue weighted by Gasteiger charge is -2.13. The molecule has 0 aliphatic rings. The van der Waals surface area contributed by atoms with Gasteiger partial charge in [-0.2, -0.15) is 0 Å². The lowest BCUT2D eigenvalue weighted by Crippen LogP contribution is -2.38. The number of guanidine groups is 1. The largest absolute Gasteiger partial charge is 0.394 e. The molecule has 0 saturated carbocycles. The highest BCUT2D eigenvalue weighted by Crippen LogP contribution is 1.96. The van der Waals surface area contributed by atoms with Gasteiger partial charge in [-0.1, -0.05) is 0 Å². The van der Waals surface area contributed by atoms with Crippen molar-refractivity contribution in [1.29, 1.82) is 0 Å². The summed E-state index contributed by atoms with van der Waals surface area (Å²) >= 11 is 0. The molecule has 0 radical (unpaired) electrons. The molecule has 0 heterocycles. The van der Waals surface area contributed by atoms with Crippen LogP contribution in [0.2, 0.25) is 0 Å². The minimum Gasteiger partial charge on any atom is -0.394 e. The van der Waals surface area contributed by atoms with E-state index in [1.807, 2.05) is 0 Å². The molecule has 0 saturated heterocycles. The molecule has 1 amide bonds. The maximum Gasteiger partial charge on any atom is 0.284 e. The number of aliphatic hydroxyl groups excluding tert-OH is 1. The maximum atomic E-state index is 10.7. The zero-order valence-electron chi connectivity index (χ0n) is 8.35. The molecule has 0 aromatic heterocycles. The van der Waals surface area contributed by atoms with Crippen LogP contribution in [-0.4, -0.2) is 42.5 Å². The molecule has 0 aromatic carbocycles. The Morgan fingerprint density at radius 3 is 2.67 bits per heavy atom. The van der Waals surface area contributed by atoms with Crippen LogP contribution in [0.5, 0.6) is 0 Å². The Balaban J connectivity index is 3.75. The molecule has 0 aromatic rings. The van der Waals surface area contributed by atoms with Gasteiger partial charge >= 0.3 is 0 Å². The highest BCUT2D eigenvalue weighted by atomic mass is 16.3. The molecular formula is C8H16N4O3. The van der Waals surface area contributed by atoms with Crippen LogP contribution >= 0.6 is 0 Å². The molecule has 0 bridgehead atoms. The highest BCUT2D eigenvalue weighted by Gasteiger charge is 2.09. The summed E-state index contributed by atoms with van der Waals surface area (Å²) in [5, 5.41) is 11.2. The second-order valence-electron chi connectivity index (χ2n) is 2.95. The quantitative estimate of drug-likeness (QED) is 0.125. The van der Waals surface area contributed by atoms with Crippen molar-refractivity contribution in [3.05, 3.63) is 0 Å². The number of carbonyl (C=O) groups excluding carboxylic acids is 2. The van der Waals surface area contributed by atoms with Crippen LogP contribution in [0.3, 0.4) is 0 Å². The smallest absolute Gasteiger partial charge is 0.284 e. The van der Waals surface area contributed by atoms with E-state index in [2.05, 4.69) is 10.3 Å². The lowest BCUT2D eigenvalue weighted by molar-refractivity contribution is -0.132. The zero-order chi connectivity index (χ0) is 11.7. The second kappa shape index (κ2) is 7.74. The van der Waals surface area contributed by atoms with Gasteiger partial charge < -0.3 is 21.9 Å². The first-order valence-electron chi connectivity index (χ1n) is 4.52. The average Bonchev–Trinajstić information content (AvgIpc) is 2.21. The van der Waals surface area contributed by atoms with Crippen LogP contribution in [0, 0.1) is 0 Å². The topological polar surface area (TPSA) is 131 Å². The Bertz CT molecular complexity index is 238. The van der Waals surface area contributed by atoms with Gasteiger partial charge in [-0.25, -0.2) is 0 Å². The van der Waals surface area contributed by atoms with E-state index in [9.17, 15) is 9.59 Å². The summed E-state index contributed by atoms with van der Waals surface area (Å²) in [6.45, 7) is 0.206. The Kier molecular flexibility index (Phi) is 6.90. The van der Waals surface area contributed by atoms with Crippen LogP contribution in [0.1, 0.15) is 12.8 Å². The van der Waals surface area contributed by atoms with E-state index in [0.29, 0.717) is 19.4 Å². The Hall–Kier alpha value is -1.63. The molecule has 15 heavy (non-hydrogen) atoms. The van der Waals surface area contributed by atoms with Gasteiger partial charge in [0.2, 0.25) is 6.29 Å². The standard InChI is InChI=1S/C8H16N4O3/c9-8(10)11-3-1-2-6(4-13)12-7(15)5-14/h5-6,13H,1-4H2,(H,12,15)(H4,9,10,11). The second-order valence-corrected chi connectivity index (χ2v) is 2.95. The molecule has 0 rings (SSSR count). The van der Waals surface area contributed by atoms with Crippen LogP contribution in [0.15, 0.2) is 4.99 Å². The van der Waals surface area contributed by atoms with Gasteiger partial charge in [-0.3, -0.25) is 14.6 Å². The van der Waals surface area contributed by atoms with Gasteiger partial charge in [0.15, 0.2) is 5.96 Å². The summed E-state index contributed by atoms with van der Waals surface area (Å²) in [4.78, 5) is 24.4. The number of hydrogen-bond acceptors (Lipinski definition) is 4. The number of nitrogens with zero attached hydrogens (tertiary/aromatic N) is 1. The fourth-order valence-electron chi connectivity index (χ4n) is 0.990. The van der Waals surface area contributed by atoms with Crippen LogP contribution < -0.4 is 16.8 Å². The number of aliphatic imine (C=N–C) groups is 1. The normalized spacial score (nSPS) is 11.5. The molecule has 86 valence electrons. The number of nitrogens with two attached hydrogens (primary N) is 2.